The first-order chi connectivity index (χ1) is 18.4. The Kier molecular flexibility index (Phi) is 6.65. The fourth-order valence-corrected chi connectivity index (χ4v) is 5.95. The third-order valence-electron chi connectivity index (χ3n) is 7.66. The number of rotatable bonds is 4. The maximum absolute atomic E-state index is 15.3. The summed E-state index contributed by atoms with van der Waals surface area (Å²) in [5.41, 5.74) is 1.84. The molecule has 3 aromatic heterocycles. The molecule has 10 heteroatoms. The van der Waals surface area contributed by atoms with E-state index in [2.05, 4.69) is 10.00 Å². The van der Waals surface area contributed by atoms with Crippen LogP contribution < -0.4 is 10.5 Å². The van der Waals surface area contributed by atoms with Crippen molar-refractivity contribution < 1.29 is 9.13 Å². The highest BCUT2D eigenvalue weighted by Gasteiger charge is 2.28. The number of hydrogen-bond donors (Lipinski definition) is 0. The van der Waals surface area contributed by atoms with Gasteiger partial charge in [-0.05, 0) is 38.0 Å². The Balaban J connectivity index is 1.51. The second-order valence-electron chi connectivity index (χ2n) is 10.2. The first-order valence-electron chi connectivity index (χ1n) is 13.1. The van der Waals surface area contributed by atoms with Crippen LogP contribution >= 0.6 is 11.6 Å². The molecule has 1 atom stereocenters. The van der Waals surface area contributed by atoms with E-state index in [9.17, 15) is 4.79 Å². The molecule has 0 spiro atoms. The Hall–Kier alpha value is -3.30. The van der Waals surface area contributed by atoms with Crippen LogP contribution in [0.2, 0.25) is 5.02 Å². The van der Waals surface area contributed by atoms with Gasteiger partial charge in [0.2, 0.25) is 0 Å². The van der Waals surface area contributed by atoms with E-state index >= 15 is 4.39 Å². The molecule has 2 aliphatic rings. The van der Waals surface area contributed by atoms with E-state index in [1.165, 1.54) is 12.5 Å². The fourth-order valence-electron chi connectivity index (χ4n) is 5.79. The highest BCUT2D eigenvalue weighted by molar-refractivity contribution is 6.30. The molecule has 4 heterocycles. The van der Waals surface area contributed by atoms with Crippen LogP contribution in [0, 0.1) is 12.7 Å². The van der Waals surface area contributed by atoms with E-state index in [4.69, 9.17) is 26.3 Å². The van der Waals surface area contributed by atoms with Crippen LogP contribution in [0.1, 0.15) is 55.6 Å². The highest BCUT2D eigenvalue weighted by Crippen LogP contribution is 2.34. The van der Waals surface area contributed by atoms with Gasteiger partial charge in [0.05, 0.1) is 29.4 Å². The van der Waals surface area contributed by atoms with Crippen LogP contribution in [-0.2, 0) is 11.8 Å². The van der Waals surface area contributed by atoms with Gasteiger partial charge in [-0.15, -0.1) is 0 Å². The topological polar surface area (TPSA) is 78.1 Å². The number of nitrogens with zero attached hydrogens (tertiary/aromatic N) is 6. The molecule has 0 bridgehead atoms. The lowest BCUT2D eigenvalue weighted by Crippen LogP contribution is -2.39. The molecule has 0 radical (unpaired) electrons. The van der Waals surface area contributed by atoms with Crippen LogP contribution in [0.4, 0.5) is 10.2 Å². The molecule has 1 aliphatic carbocycles. The van der Waals surface area contributed by atoms with Crippen molar-refractivity contribution in [3.05, 3.63) is 69.2 Å². The molecule has 1 aliphatic heterocycles. The molecule has 6 rings (SSSR count). The maximum atomic E-state index is 15.3. The van der Waals surface area contributed by atoms with Crippen molar-refractivity contribution in [1.82, 2.24) is 24.3 Å². The van der Waals surface area contributed by atoms with Gasteiger partial charge in [0, 0.05) is 54.6 Å². The first-order valence-corrected chi connectivity index (χ1v) is 13.5. The number of aromatic nitrogens is 5. The van der Waals surface area contributed by atoms with Gasteiger partial charge in [-0.2, -0.15) is 5.10 Å². The average Bonchev–Trinajstić information content (AvgIpc) is 3.35. The molecule has 1 aromatic carbocycles. The summed E-state index contributed by atoms with van der Waals surface area (Å²) >= 11 is 6.06. The maximum Gasteiger partial charge on any atom is 0.263 e. The van der Waals surface area contributed by atoms with E-state index in [-0.39, 0.29) is 34.0 Å². The van der Waals surface area contributed by atoms with Gasteiger partial charge < -0.3 is 9.64 Å². The lowest BCUT2D eigenvalue weighted by molar-refractivity contribution is 0.0395. The molecule has 38 heavy (non-hydrogen) atoms. The highest BCUT2D eigenvalue weighted by atomic mass is 35.5. The van der Waals surface area contributed by atoms with Crippen molar-refractivity contribution in [3.8, 4) is 11.3 Å². The summed E-state index contributed by atoms with van der Waals surface area (Å²) in [7, 11) is 1.87. The van der Waals surface area contributed by atoms with Crippen LogP contribution in [0.3, 0.4) is 0 Å². The zero-order valence-electron chi connectivity index (χ0n) is 21.5. The zero-order chi connectivity index (χ0) is 26.4. The van der Waals surface area contributed by atoms with E-state index in [0.717, 1.165) is 31.2 Å². The third kappa shape index (κ3) is 4.58. The van der Waals surface area contributed by atoms with Crippen LogP contribution in [-0.4, -0.2) is 44.0 Å². The lowest BCUT2D eigenvalue weighted by atomic mass is 9.95. The number of morpholine rings is 1. The number of aryl methyl sites for hydroxylation is 2. The minimum absolute atomic E-state index is 0.0928. The minimum Gasteiger partial charge on any atom is -0.370 e. The Bertz CT molecular complexity index is 1560. The van der Waals surface area contributed by atoms with Gasteiger partial charge in [-0.25, -0.2) is 14.4 Å². The number of fused-ring (bicyclic) bond motifs is 1. The monoisotopic (exact) mass is 536 g/mol. The lowest BCUT2D eigenvalue weighted by Gasteiger charge is -2.33. The van der Waals surface area contributed by atoms with Gasteiger partial charge in [-0.3, -0.25) is 14.0 Å². The second-order valence-corrected chi connectivity index (χ2v) is 10.7. The Morgan fingerprint density at radius 3 is 2.68 bits per heavy atom. The molecule has 4 aromatic rings. The van der Waals surface area contributed by atoms with Crippen molar-refractivity contribution in [3.63, 3.8) is 0 Å². The Labute approximate surface area is 225 Å². The molecular formula is C28H30ClFN6O2. The predicted molar refractivity (Wildman–Crippen MR) is 145 cm³/mol. The Morgan fingerprint density at radius 2 is 1.95 bits per heavy atom. The summed E-state index contributed by atoms with van der Waals surface area (Å²) in [6.07, 6.45) is 8.78. The third-order valence-corrected chi connectivity index (χ3v) is 7.90. The number of halogens is 2. The quantitative estimate of drug-likeness (QED) is 0.349. The van der Waals surface area contributed by atoms with Crippen molar-refractivity contribution in [2.24, 2.45) is 7.05 Å². The van der Waals surface area contributed by atoms with Crippen LogP contribution in [0.15, 0.2) is 41.5 Å². The molecule has 0 amide bonds. The Morgan fingerprint density at radius 1 is 1.13 bits per heavy atom. The number of benzene rings is 1. The number of ether oxygens (including phenoxy) is 1. The summed E-state index contributed by atoms with van der Waals surface area (Å²) in [5.74, 6) is 0.771. The molecule has 1 saturated carbocycles. The molecule has 0 N–H and O–H groups in total. The summed E-state index contributed by atoms with van der Waals surface area (Å²) in [6.45, 7) is 3.53. The van der Waals surface area contributed by atoms with Crippen molar-refractivity contribution in [1.29, 1.82) is 0 Å². The fraction of sp³-hybridized carbons (Fsp3) is 0.429. The second kappa shape index (κ2) is 10.1. The summed E-state index contributed by atoms with van der Waals surface area (Å²) in [6, 6.07) is 6.40. The summed E-state index contributed by atoms with van der Waals surface area (Å²) < 4.78 is 24.9. The first kappa shape index (κ1) is 25.0. The van der Waals surface area contributed by atoms with Crippen molar-refractivity contribution >= 4 is 28.3 Å². The zero-order valence-corrected chi connectivity index (χ0v) is 22.3. The SMILES string of the molecule is Cc1nc2cc(N3CCOC(c4cnn(C)c4)C3)nc(-c3ccc(Cl)cc3F)c2c(=O)n1C1CCCCC1. The standard InChI is InChI=1S/C28H30ClFN6O2/c1-17-32-23-13-25(35-10-11-38-24(16-35)18-14-31-34(2)15-18)33-27(21-9-8-19(29)12-22(21)30)26(23)28(37)36(17)20-6-4-3-5-7-20/h8-9,12-15,20,24H,3-7,10-11,16H2,1-2H3. The van der Waals surface area contributed by atoms with Gasteiger partial charge in [-0.1, -0.05) is 30.9 Å². The number of hydrogen-bond acceptors (Lipinski definition) is 6. The van der Waals surface area contributed by atoms with E-state index in [0.29, 0.717) is 42.2 Å². The molecule has 1 saturated heterocycles. The molecule has 2 fully saturated rings. The smallest absolute Gasteiger partial charge is 0.263 e. The van der Waals surface area contributed by atoms with Crippen molar-refractivity contribution in [2.75, 3.05) is 24.6 Å². The van der Waals surface area contributed by atoms with Crippen LogP contribution in [0.25, 0.3) is 22.2 Å². The predicted octanol–water partition coefficient (Wildman–Crippen LogP) is 5.38. The molecule has 8 nitrogen and oxygen atoms in total. The summed E-state index contributed by atoms with van der Waals surface area (Å²) in [5, 5.41) is 4.89. The van der Waals surface area contributed by atoms with Gasteiger partial charge >= 0.3 is 0 Å². The molecule has 1 unspecified atom stereocenters. The molecular weight excluding hydrogens is 507 g/mol. The number of anilines is 1. The van der Waals surface area contributed by atoms with Crippen molar-refractivity contribution in [2.45, 2.75) is 51.2 Å². The summed E-state index contributed by atoms with van der Waals surface area (Å²) in [4.78, 5) is 25.9. The minimum atomic E-state index is -0.525. The number of pyridine rings is 1. The largest absolute Gasteiger partial charge is 0.370 e. The van der Waals surface area contributed by atoms with Gasteiger partial charge in [0.25, 0.3) is 5.56 Å². The van der Waals surface area contributed by atoms with Gasteiger partial charge in [0.15, 0.2) is 0 Å². The van der Waals surface area contributed by atoms with Crippen LogP contribution in [0.5, 0.6) is 0 Å². The van der Waals surface area contributed by atoms with E-state index < -0.39 is 5.82 Å². The van der Waals surface area contributed by atoms with Gasteiger partial charge in [0.1, 0.15) is 23.6 Å². The van der Waals surface area contributed by atoms with E-state index in [1.54, 1.807) is 27.6 Å². The average molecular weight is 537 g/mol. The van der Waals surface area contributed by atoms with E-state index in [1.807, 2.05) is 26.2 Å². The molecule has 198 valence electrons. The normalized spacial score (nSPS) is 18.8.